The maximum Gasteiger partial charge on any atom is 0.227 e. The first-order valence-corrected chi connectivity index (χ1v) is 19.9. The minimum Gasteiger partial charge on any atom is -0.456 e. The van der Waals surface area contributed by atoms with Crippen LogP contribution in [0, 0.1) is 0 Å². The van der Waals surface area contributed by atoms with Crippen molar-refractivity contribution in [1.29, 1.82) is 0 Å². The number of nitrogens with zero attached hydrogens (tertiary/aromatic N) is 2. The van der Waals surface area contributed by atoms with Crippen LogP contribution in [-0.4, -0.2) is 4.98 Å². The second kappa shape index (κ2) is 11.9. The Kier molecular flexibility index (Phi) is 6.64. The molecule has 0 N–H and O–H groups in total. The summed E-state index contributed by atoms with van der Waals surface area (Å²) in [6.45, 7) is 0. The average Bonchev–Trinajstić information content (AvgIpc) is 4.01. The van der Waals surface area contributed by atoms with Gasteiger partial charge < -0.3 is 13.7 Å². The van der Waals surface area contributed by atoms with Crippen molar-refractivity contribution in [1.82, 2.24) is 4.98 Å². The summed E-state index contributed by atoms with van der Waals surface area (Å²) in [6.07, 6.45) is 0. The molecule has 0 spiro atoms. The molecule has 0 saturated carbocycles. The van der Waals surface area contributed by atoms with Gasteiger partial charge in [0, 0.05) is 79.8 Å². The van der Waals surface area contributed by atoms with Gasteiger partial charge in [-0.3, -0.25) is 0 Å². The fourth-order valence-corrected chi connectivity index (χ4v) is 10.2. The molecule has 55 heavy (non-hydrogen) atoms. The summed E-state index contributed by atoms with van der Waals surface area (Å²) >= 11 is 3.70. The van der Waals surface area contributed by atoms with Crippen molar-refractivity contribution in [2.24, 2.45) is 0 Å². The fraction of sp³-hybridized carbons (Fsp3) is 0. The first-order valence-electron chi connectivity index (χ1n) is 18.3. The van der Waals surface area contributed by atoms with Gasteiger partial charge in [-0.25, -0.2) is 4.98 Å². The number of anilines is 3. The molecule has 4 aromatic heterocycles. The molecule has 0 amide bonds. The van der Waals surface area contributed by atoms with Gasteiger partial charge in [-0.05, 0) is 102 Å². The van der Waals surface area contributed by atoms with E-state index in [9.17, 15) is 0 Å². The van der Waals surface area contributed by atoms with E-state index in [1.165, 1.54) is 40.3 Å². The third-order valence-electron chi connectivity index (χ3n) is 10.7. The van der Waals surface area contributed by atoms with Gasteiger partial charge in [0.25, 0.3) is 0 Å². The van der Waals surface area contributed by atoms with E-state index in [4.69, 9.17) is 13.8 Å². The van der Waals surface area contributed by atoms with Crippen molar-refractivity contribution >= 4 is 113 Å². The molecule has 0 fully saturated rings. The lowest BCUT2D eigenvalue weighted by Crippen LogP contribution is -2.09. The molecule has 0 aliphatic rings. The maximum absolute atomic E-state index is 6.33. The normalized spacial score (nSPS) is 12.0. The number of aromatic nitrogens is 1. The summed E-state index contributed by atoms with van der Waals surface area (Å²) in [5.74, 6) is 0.606. The second-order valence-corrected chi connectivity index (χ2v) is 16.1. The van der Waals surface area contributed by atoms with Gasteiger partial charge in [-0.15, -0.1) is 22.7 Å². The Morgan fingerprint density at radius 1 is 0.364 bits per heavy atom. The summed E-state index contributed by atoms with van der Waals surface area (Å²) < 4.78 is 17.8. The lowest BCUT2D eigenvalue weighted by atomic mass is 10.0. The van der Waals surface area contributed by atoms with Crippen LogP contribution in [0.15, 0.2) is 179 Å². The monoisotopic (exact) mass is 740 g/mol. The number of furan rings is 1. The summed E-state index contributed by atoms with van der Waals surface area (Å²) in [5.41, 5.74) is 9.71. The van der Waals surface area contributed by atoms with E-state index < -0.39 is 0 Å². The molecular weight excluding hydrogens is 713 g/mol. The van der Waals surface area contributed by atoms with E-state index in [-0.39, 0.29) is 0 Å². The van der Waals surface area contributed by atoms with Crippen molar-refractivity contribution in [3.05, 3.63) is 170 Å². The van der Waals surface area contributed by atoms with Crippen LogP contribution in [0.5, 0.6) is 0 Å². The molecule has 0 unspecified atom stereocenters. The number of thiophene rings is 2. The molecule has 0 radical (unpaired) electrons. The lowest BCUT2D eigenvalue weighted by Gasteiger charge is -2.26. The van der Waals surface area contributed by atoms with Gasteiger partial charge in [0.05, 0.1) is 0 Å². The fourth-order valence-electron chi connectivity index (χ4n) is 8.04. The highest BCUT2D eigenvalue weighted by atomic mass is 32.1. The quantitative estimate of drug-likeness (QED) is 0.176. The van der Waals surface area contributed by atoms with Crippen molar-refractivity contribution < 1.29 is 8.83 Å². The molecule has 8 aromatic carbocycles. The minimum atomic E-state index is 0.606. The first-order chi connectivity index (χ1) is 27.2. The van der Waals surface area contributed by atoms with Crippen LogP contribution in [0.25, 0.3) is 96.0 Å². The zero-order valence-corrected chi connectivity index (χ0v) is 30.8. The van der Waals surface area contributed by atoms with E-state index in [0.29, 0.717) is 5.89 Å². The number of oxazole rings is 1. The van der Waals surface area contributed by atoms with E-state index >= 15 is 0 Å². The Morgan fingerprint density at radius 2 is 0.945 bits per heavy atom. The highest BCUT2D eigenvalue weighted by Crippen LogP contribution is 2.44. The second-order valence-electron chi connectivity index (χ2n) is 14.0. The molecule has 12 aromatic rings. The van der Waals surface area contributed by atoms with E-state index in [2.05, 4.69) is 138 Å². The third-order valence-corrected chi connectivity index (χ3v) is 13.0. The summed E-state index contributed by atoms with van der Waals surface area (Å²) in [5, 5.41) is 7.20. The molecule has 4 heterocycles. The number of hydrogen-bond donors (Lipinski definition) is 0. The molecule has 4 nitrogen and oxygen atoms in total. The standard InChI is InChI=1S/C49H28N2O2S2/c1-2-8-30(9-3-1)49-50-41-28-43-38(27-44(41)53-49)37-24-31(16-21-42(37)52-43)29-14-17-32(18-15-29)51(33-19-22-47-39(25-33)35-10-4-6-12-45(35)54-47)34-20-23-48-40(26-34)36-11-5-7-13-46(36)55-48/h1-28H. The molecule has 12 rings (SSSR count). The maximum atomic E-state index is 6.33. The van der Waals surface area contributed by atoms with Gasteiger partial charge in [-0.2, -0.15) is 0 Å². The Labute approximate surface area is 322 Å². The molecule has 0 saturated heterocycles. The lowest BCUT2D eigenvalue weighted by molar-refractivity contribution is 0.620. The third kappa shape index (κ3) is 4.92. The Balaban J connectivity index is 0.968. The molecule has 0 bridgehead atoms. The first kappa shape index (κ1) is 30.7. The van der Waals surface area contributed by atoms with E-state index in [1.54, 1.807) is 0 Å². The van der Waals surface area contributed by atoms with Gasteiger partial charge in [0.15, 0.2) is 5.58 Å². The van der Waals surface area contributed by atoms with Crippen LogP contribution in [0.2, 0.25) is 0 Å². The average molecular weight is 741 g/mol. The van der Waals surface area contributed by atoms with Crippen LogP contribution in [0.3, 0.4) is 0 Å². The summed E-state index contributed by atoms with van der Waals surface area (Å²) in [7, 11) is 0. The van der Waals surface area contributed by atoms with E-state index in [0.717, 1.165) is 66.8 Å². The topological polar surface area (TPSA) is 42.4 Å². The van der Waals surface area contributed by atoms with Crippen molar-refractivity contribution in [2.75, 3.05) is 4.90 Å². The molecule has 0 aliphatic carbocycles. The molecule has 0 atom stereocenters. The molecular formula is C49H28N2O2S2. The largest absolute Gasteiger partial charge is 0.456 e. The highest BCUT2D eigenvalue weighted by Gasteiger charge is 2.18. The van der Waals surface area contributed by atoms with Gasteiger partial charge in [-0.1, -0.05) is 72.8 Å². The van der Waals surface area contributed by atoms with Crippen LogP contribution < -0.4 is 4.90 Å². The molecule has 6 heteroatoms. The minimum absolute atomic E-state index is 0.606. The Bertz CT molecular complexity index is 3330. The van der Waals surface area contributed by atoms with Gasteiger partial charge in [0.1, 0.15) is 16.7 Å². The SMILES string of the molecule is c1ccc(-c2nc3cc4oc5ccc(-c6ccc(N(c7ccc8sc9ccccc9c8c7)c7ccc8sc9ccccc9c8c7)cc6)cc5c4cc3o2)cc1. The number of rotatable bonds is 5. The van der Waals surface area contributed by atoms with Crippen LogP contribution in [-0.2, 0) is 0 Å². The van der Waals surface area contributed by atoms with E-state index in [1.807, 2.05) is 59.1 Å². The highest BCUT2D eigenvalue weighted by molar-refractivity contribution is 7.26. The van der Waals surface area contributed by atoms with Crippen molar-refractivity contribution in [3.63, 3.8) is 0 Å². The number of benzene rings is 8. The predicted molar refractivity (Wildman–Crippen MR) is 233 cm³/mol. The van der Waals surface area contributed by atoms with Crippen LogP contribution >= 0.6 is 22.7 Å². The number of hydrogen-bond acceptors (Lipinski definition) is 6. The Hall–Kier alpha value is -6.73. The Morgan fingerprint density at radius 3 is 1.64 bits per heavy atom. The van der Waals surface area contributed by atoms with Crippen LogP contribution in [0.4, 0.5) is 17.1 Å². The predicted octanol–water partition coefficient (Wildman–Crippen LogP) is 15.3. The van der Waals surface area contributed by atoms with Gasteiger partial charge in [0.2, 0.25) is 5.89 Å². The molecule has 258 valence electrons. The summed E-state index contributed by atoms with van der Waals surface area (Å²) in [4.78, 5) is 7.15. The zero-order valence-electron chi connectivity index (χ0n) is 29.2. The smallest absolute Gasteiger partial charge is 0.227 e. The zero-order chi connectivity index (χ0) is 36.0. The number of fused-ring (bicyclic) bond motifs is 10. The van der Waals surface area contributed by atoms with Crippen LogP contribution in [0.1, 0.15) is 0 Å². The van der Waals surface area contributed by atoms with Crippen molar-refractivity contribution in [3.8, 4) is 22.6 Å². The molecule has 0 aliphatic heterocycles. The van der Waals surface area contributed by atoms with Gasteiger partial charge >= 0.3 is 0 Å². The van der Waals surface area contributed by atoms with Crippen molar-refractivity contribution in [2.45, 2.75) is 0 Å². The summed E-state index contributed by atoms with van der Waals surface area (Å²) in [6, 6.07) is 60.6.